The zero-order valence-corrected chi connectivity index (χ0v) is 9.94. The average molecular weight is 258 g/mol. The van der Waals surface area contributed by atoms with Gasteiger partial charge in [0.25, 0.3) is 0 Å². The summed E-state index contributed by atoms with van der Waals surface area (Å²) in [6.45, 7) is 4.03. The first-order valence-electron chi connectivity index (χ1n) is 4.95. The molecule has 1 aromatic rings. The molecule has 1 aliphatic rings. The zero-order valence-electron chi connectivity index (χ0n) is 8.35. The molecule has 0 bridgehead atoms. The summed E-state index contributed by atoms with van der Waals surface area (Å²) in [7, 11) is 0. The van der Waals surface area contributed by atoms with Gasteiger partial charge in [-0.1, -0.05) is 13.8 Å². The summed E-state index contributed by atoms with van der Waals surface area (Å²) in [5.41, 5.74) is 1.77. The number of hydrogen-bond donors (Lipinski definition) is 0. The van der Waals surface area contributed by atoms with Crippen molar-refractivity contribution in [3.05, 3.63) is 27.7 Å². The van der Waals surface area contributed by atoms with E-state index in [1.807, 2.05) is 13.8 Å². The van der Waals surface area contributed by atoms with Gasteiger partial charge in [-0.25, -0.2) is 9.37 Å². The van der Waals surface area contributed by atoms with Gasteiger partial charge < -0.3 is 0 Å². The molecule has 1 saturated carbocycles. The Labute approximate surface area is 91.9 Å². The van der Waals surface area contributed by atoms with E-state index in [9.17, 15) is 4.39 Å². The molecule has 0 radical (unpaired) electrons. The summed E-state index contributed by atoms with van der Waals surface area (Å²) >= 11 is 3.24. The van der Waals surface area contributed by atoms with E-state index in [0.717, 1.165) is 24.1 Å². The lowest BCUT2D eigenvalue weighted by molar-refractivity contribution is 0.586. The van der Waals surface area contributed by atoms with Crippen LogP contribution in [0.3, 0.4) is 0 Å². The van der Waals surface area contributed by atoms with Crippen LogP contribution in [0.1, 0.15) is 49.8 Å². The molecule has 1 heterocycles. The van der Waals surface area contributed by atoms with Crippen molar-refractivity contribution in [2.24, 2.45) is 0 Å². The number of aromatic nitrogens is 1. The first-order chi connectivity index (χ1) is 6.59. The molecular weight excluding hydrogens is 245 g/mol. The average Bonchev–Trinajstić information content (AvgIpc) is 2.82. The lowest BCUT2D eigenvalue weighted by Crippen LogP contribution is -2.02. The Morgan fingerprint density at radius 3 is 2.64 bits per heavy atom. The lowest BCUT2D eigenvalue weighted by atomic mass is 9.98. The minimum Gasteiger partial charge on any atom is -0.245 e. The zero-order chi connectivity index (χ0) is 10.3. The second-order valence-electron chi connectivity index (χ2n) is 4.15. The highest BCUT2D eigenvalue weighted by Gasteiger charge is 2.30. The molecule has 1 nitrogen and oxygen atoms in total. The third kappa shape index (κ3) is 1.83. The summed E-state index contributed by atoms with van der Waals surface area (Å²) < 4.78 is 14.3. The molecule has 0 spiro atoms. The van der Waals surface area contributed by atoms with E-state index in [2.05, 4.69) is 20.9 Å². The maximum Gasteiger partial charge on any atom is 0.131 e. The molecule has 0 unspecified atom stereocenters. The first kappa shape index (κ1) is 10.1. The highest BCUT2D eigenvalue weighted by Crippen LogP contribution is 2.43. The number of halogens is 2. The van der Waals surface area contributed by atoms with Crippen LogP contribution in [0.5, 0.6) is 0 Å². The van der Waals surface area contributed by atoms with Crippen molar-refractivity contribution in [2.45, 2.75) is 38.5 Å². The summed E-state index contributed by atoms with van der Waals surface area (Å²) in [4.78, 5) is 4.39. The normalized spacial score (nSPS) is 16.4. The quantitative estimate of drug-likeness (QED) is 0.731. The van der Waals surface area contributed by atoms with Crippen LogP contribution in [0.25, 0.3) is 0 Å². The third-order valence-electron chi connectivity index (χ3n) is 2.55. The van der Waals surface area contributed by atoms with Crippen LogP contribution in [0.4, 0.5) is 4.39 Å². The molecule has 0 amide bonds. The Morgan fingerprint density at radius 2 is 2.14 bits per heavy atom. The molecule has 14 heavy (non-hydrogen) atoms. The summed E-state index contributed by atoms with van der Waals surface area (Å²) in [5.74, 6) is 0.592. The fourth-order valence-electron chi connectivity index (χ4n) is 1.75. The van der Waals surface area contributed by atoms with Crippen LogP contribution < -0.4 is 0 Å². The van der Waals surface area contributed by atoms with E-state index in [1.165, 1.54) is 6.07 Å². The van der Waals surface area contributed by atoms with E-state index >= 15 is 0 Å². The van der Waals surface area contributed by atoms with Crippen LogP contribution >= 0.6 is 15.9 Å². The van der Waals surface area contributed by atoms with Gasteiger partial charge in [-0.05, 0) is 34.7 Å². The van der Waals surface area contributed by atoms with Crippen molar-refractivity contribution in [3.8, 4) is 0 Å². The van der Waals surface area contributed by atoms with Crippen LogP contribution in [-0.4, -0.2) is 4.98 Å². The first-order valence-corrected chi connectivity index (χ1v) is 5.74. The van der Waals surface area contributed by atoms with Gasteiger partial charge in [0.2, 0.25) is 0 Å². The summed E-state index contributed by atoms with van der Waals surface area (Å²) in [6.07, 6.45) is 2.31. The van der Waals surface area contributed by atoms with E-state index in [1.54, 1.807) is 0 Å². The topological polar surface area (TPSA) is 12.9 Å². The summed E-state index contributed by atoms with van der Waals surface area (Å²) in [5, 5.41) is 0. The fourth-order valence-corrected chi connectivity index (χ4v) is 2.14. The van der Waals surface area contributed by atoms with Crippen molar-refractivity contribution >= 4 is 15.9 Å². The Bertz CT molecular complexity index is 359. The van der Waals surface area contributed by atoms with Gasteiger partial charge in [-0.2, -0.15) is 0 Å². The van der Waals surface area contributed by atoms with Crippen molar-refractivity contribution in [1.82, 2.24) is 4.98 Å². The van der Waals surface area contributed by atoms with Crippen molar-refractivity contribution in [1.29, 1.82) is 0 Å². The third-order valence-corrected chi connectivity index (χ3v) is 2.95. The van der Waals surface area contributed by atoms with Crippen molar-refractivity contribution < 1.29 is 4.39 Å². The van der Waals surface area contributed by atoms with Crippen LogP contribution in [0, 0.1) is 5.82 Å². The molecule has 76 valence electrons. The minimum absolute atomic E-state index is 0.122. The molecule has 0 N–H and O–H groups in total. The molecule has 0 saturated heterocycles. The minimum atomic E-state index is -0.122. The van der Waals surface area contributed by atoms with E-state index in [4.69, 9.17) is 0 Å². The molecular formula is C11H13BrFN. The van der Waals surface area contributed by atoms with E-state index < -0.39 is 0 Å². The fraction of sp³-hybridized carbons (Fsp3) is 0.545. The molecule has 1 aromatic heterocycles. The maximum absolute atomic E-state index is 13.7. The van der Waals surface area contributed by atoms with Crippen molar-refractivity contribution in [2.75, 3.05) is 0 Å². The van der Waals surface area contributed by atoms with Gasteiger partial charge in [0, 0.05) is 17.5 Å². The largest absolute Gasteiger partial charge is 0.245 e. The predicted octanol–water partition coefficient (Wildman–Crippen LogP) is 3.98. The van der Waals surface area contributed by atoms with Gasteiger partial charge in [0.1, 0.15) is 10.4 Å². The van der Waals surface area contributed by atoms with Gasteiger partial charge >= 0.3 is 0 Å². The number of hydrogen-bond acceptors (Lipinski definition) is 1. The monoisotopic (exact) mass is 257 g/mol. The standard InChI is InChI=1S/C11H13BrFN/c1-6(2)10-8(13)5-9(12)14-11(10)7-3-4-7/h5-7H,3-4H2,1-2H3. The number of nitrogens with zero attached hydrogens (tertiary/aromatic N) is 1. The van der Waals surface area contributed by atoms with Gasteiger partial charge in [0.05, 0.1) is 5.69 Å². The second kappa shape index (κ2) is 3.61. The van der Waals surface area contributed by atoms with Crippen LogP contribution in [0.2, 0.25) is 0 Å². The molecule has 0 aromatic carbocycles. The molecule has 0 aliphatic heterocycles. The number of rotatable bonds is 2. The Morgan fingerprint density at radius 1 is 1.50 bits per heavy atom. The Hall–Kier alpha value is -0.440. The van der Waals surface area contributed by atoms with Gasteiger partial charge in [-0.3, -0.25) is 0 Å². The van der Waals surface area contributed by atoms with E-state index in [0.29, 0.717) is 10.5 Å². The number of pyridine rings is 1. The molecule has 3 heteroatoms. The van der Waals surface area contributed by atoms with Gasteiger partial charge in [-0.15, -0.1) is 0 Å². The highest BCUT2D eigenvalue weighted by molar-refractivity contribution is 9.10. The predicted molar refractivity (Wildman–Crippen MR) is 58.0 cm³/mol. The van der Waals surface area contributed by atoms with Gasteiger partial charge in [0.15, 0.2) is 0 Å². The Balaban J connectivity index is 2.53. The lowest BCUT2D eigenvalue weighted by Gasteiger charge is -2.12. The van der Waals surface area contributed by atoms with Crippen LogP contribution in [-0.2, 0) is 0 Å². The molecule has 1 aliphatic carbocycles. The van der Waals surface area contributed by atoms with Crippen molar-refractivity contribution in [3.63, 3.8) is 0 Å². The maximum atomic E-state index is 13.7. The van der Waals surface area contributed by atoms with Crippen LogP contribution in [0.15, 0.2) is 10.7 Å². The molecule has 0 atom stereocenters. The SMILES string of the molecule is CC(C)c1c(F)cc(Br)nc1C1CC1. The Kier molecular flexibility index (Phi) is 2.60. The molecule has 2 rings (SSSR count). The summed E-state index contributed by atoms with van der Waals surface area (Å²) in [6, 6.07) is 1.46. The molecule has 1 fully saturated rings. The highest BCUT2D eigenvalue weighted by atomic mass is 79.9. The smallest absolute Gasteiger partial charge is 0.131 e. The second-order valence-corrected chi connectivity index (χ2v) is 4.97. The van der Waals surface area contributed by atoms with E-state index in [-0.39, 0.29) is 11.7 Å².